The summed E-state index contributed by atoms with van der Waals surface area (Å²) in [5.74, 6) is -0.654. The highest BCUT2D eigenvalue weighted by molar-refractivity contribution is 7.80. The molecule has 5 nitrogen and oxygen atoms in total. The van der Waals surface area contributed by atoms with Gasteiger partial charge in [-0.25, -0.2) is 4.79 Å². The van der Waals surface area contributed by atoms with Crippen molar-refractivity contribution in [2.24, 2.45) is 0 Å². The molecule has 94 valence electrons. The molecule has 0 bridgehead atoms. The minimum Gasteiger partial charge on any atom is -0.435 e. The predicted molar refractivity (Wildman–Crippen MR) is 63.2 cm³/mol. The molecule has 0 aliphatic carbocycles. The van der Waals surface area contributed by atoms with E-state index < -0.39 is 18.3 Å². The van der Waals surface area contributed by atoms with Gasteiger partial charge in [-0.15, -0.1) is 0 Å². The van der Waals surface area contributed by atoms with Gasteiger partial charge in [0.2, 0.25) is 5.91 Å². The van der Waals surface area contributed by atoms with Crippen LogP contribution in [0.25, 0.3) is 0 Å². The van der Waals surface area contributed by atoms with Crippen LogP contribution in [0.1, 0.15) is 27.7 Å². The smallest absolute Gasteiger partial charge is 0.331 e. The van der Waals surface area contributed by atoms with E-state index in [2.05, 4.69) is 17.9 Å². The maximum Gasteiger partial charge on any atom is 0.331 e. The number of rotatable bonds is 6. The summed E-state index contributed by atoms with van der Waals surface area (Å²) >= 11 is 3.97. The molecule has 0 aromatic rings. The van der Waals surface area contributed by atoms with E-state index in [0.717, 1.165) is 0 Å². The number of ether oxygens (including phenoxy) is 2. The second kappa shape index (κ2) is 7.51. The van der Waals surface area contributed by atoms with Crippen molar-refractivity contribution in [3.05, 3.63) is 0 Å². The molecule has 2 atom stereocenters. The highest BCUT2D eigenvalue weighted by atomic mass is 32.1. The SMILES string of the molecule is CC(=O)NC(CS)C(=O)OC(C)OC(C)C. The quantitative estimate of drug-likeness (QED) is 0.414. The van der Waals surface area contributed by atoms with Gasteiger partial charge in [-0.05, 0) is 20.8 Å². The molecule has 0 aliphatic rings. The van der Waals surface area contributed by atoms with Crippen LogP contribution < -0.4 is 5.32 Å². The van der Waals surface area contributed by atoms with Gasteiger partial charge in [0.25, 0.3) is 0 Å². The highest BCUT2D eigenvalue weighted by Gasteiger charge is 2.21. The van der Waals surface area contributed by atoms with Crippen LogP contribution in [0, 0.1) is 0 Å². The standard InChI is InChI=1S/C10H19NO4S/c1-6(2)14-8(4)15-10(13)9(5-16)11-7(3)12/h6,8-9,16H,5H2,1-4H3,(H,11,12). The molecule has 0 spiro atoms. The number of carbonyl (C=O) groups is 2. The lowest BCUT2D eigenvalue weighted by atomic mass is 10.3. The average molecular weight is 249 g/mol. The first kappa shape index (κ1) is 15.2. The van der Waals surface area contributed by atoms with E-state index in [1.807, 2.05) is 13.8 Å². The van der Waals surface area contributed by atoms with Crippen molar-refractivity contribution in [1.29, 1.82) is 0 Å². The first-order chi connectivity index (χ1) is 7.36. The topological polar surface area (TPSA) is 64.6 Å². The fourth-order valence-corrected chi connectivity index (χ4v) is 1.32. The number of hydrogen-bond donors (Lipinski definition) is 2. The van der Waals surface area contributed by atoms with Crippen LogP contribution in [0.3, 0.4) is 0 Å². The van der Waals surface area contributed by atoms with Crippen LogP contribution in [0.15, 0.2) is 0 Å². The minimum absolute atomic E-state index is 0.0296. The third-order valence-electron chi connectivity index (χ3n) is 1.59. The zero-order valence-corrected chi connectivity index (χ0v) is 10.9. The molecular weight excluding hydrogens is 230 g/mol. The zero-order valence-electron chi connectivity index (χ0n) is 10.0. The number of thiol groups is 1. The van der Waals surface area contributed by atoms with E-state index >= 15 is 0 Å². The Morgan fingerprint density at radius 1 is 1.31 bits per heavy atom. The van der Waals surface area contributed by atoms with Gasteiger partial charge in [0.15, 0.2) is 6.29 Å². The second-order valence-corrected chi connectivity index (χ2v) is 3.99. The van der Waals surface area contributed by atoms with E-state index in [1.165, 1.54) is 6.92 Å². The predicted octanol–water partition coefficient (Wildman–Crippen LogP) is 0.735. The van der Waals surface area contributed by atoms with E-state index in [-0.39, 0.29) is 17.8 Å². The summed E-state index contributed by atoms with van der Waals surface area (Å²) < 4.78 is 10.2. The van der Waals surface area contributed by atoms with Gasteiger partial charge in [-0.2, -0.15) is 12.6 Å². The van der Waals surface area contributed by atoms with Crippen molar-refractivity contribution < 1.29 is 19.1 Å². The lowest BCUT2D eigenvalue weighted by Crippen LogP contribution is -2.43. The summed E-state index contributed by atoms with van der Waals surface area (Å²) in [4.78, 5) is 22.3. The fourth-order valence-electron chi connectivity index (χ4n) is 1.08. The molecule has 0 saturated carbocycles. The molecule has 1 N–H and O–H groups in total. The molecular formula is C10H19NO4S. The lowest BCUT2D eigenvalue weighted by molar-refractivity contribution is -0.183. The van der Waals surface area contributed by atoms with Crippen molar-refractivity contribution in [2.75, 3.05) is 5.75 Å². The molecule has 0 saturated heterocycles. The monoisotopic (exact) mass is 249 g/mol. The summed E-state index contributed by atoms with van der Waals surface area (Å²) in [5.41, 5.74) is 0. The van der Waals surface area contributed by atoms with E-state index in [4.69, 9.17) is 9.47 Å². The van der Waals surface area contributed by atoms with Gasteiger partial charge in [0.1, 0.15) is 6.04 Å². The van der Waals surface area contributed by atoms with Crippen LogP contribution in [0.2, 0.25) is 0 Å². The maximum atomic E-state index is 11.5. The third kappa shape index (κ3) is 6.68. The van der Waals surface area contributed by atoms with E-state index in [9.17, 15) is 9.59 Å². The molecule has 0 rings (SSSR count). The van der Waals surface area contributed by atoms with Gasteiger partial charge < -0.3 is 14.8 Å². The van der Waals surface area contributed by atoms with Gasteiger partial charge in [-0.3, -0.25) is 4.79 Å². The van der Waals surface area contributed by atoms with Gasteiger partial charge in [0, 0.05) is 12.7 Å². The second-order valence-electron chi connectivity index (χ2n) is 3.63. The normalized spacial score (nSPS) is 14.4. The summed E-state index contributed by atoms with van der Waals surface area (Å²) in [6.07, 6.45) is -0.665. The molecule has 0 heterocycles. The highest BCUT2D eigenvalue weighted by Crippen LogP contribution is 2.02. The maximum absolute atomic E-state index is 11.5. The van der Waals surface area contributed by atoms with Crippen molar-refractivity contribution >= 4 is 24.5 Å². The Balaban J connectivity index is 4.15. The summed E-state index contributed by atoms with van der Waals surface area (Å²) in [7, 11) is 0. The van der Waals surface area contributed by atoms with Crippen molar-refractivity contribution in [1.82, 2.24) is 5.32 Å². The summed E-state index contributed by atoms with van der Waals surface area (Å²) in [6, 6.07) is -0.737. The average Bonchev–Trinajstić information content (AvgIpc) is 2.11. The third-order valence-corrected chi connectivity index (χ3v) is 1.96. The van der Waals surface area contributed by atoms with Crippen molar-refractivity contribution in [3.63, 3.8) is 0 Å². The Morgan fingerprint density at radius 2 is 1.88 bits per heavy atom. The molecule has 0 fully saturated rings. The summed E-state index contributed by atoms with van der Waals surface area (Å²) in [5, 5.41) is 2.44. The van der Waals surface area contributed by atoms with Gasteiger partial charge >= 0.3 is 5.97 Å². The van der Waals surface area contributed by atoms with Crippen LogP contribution >= 0.6 is 12.6 Å². The van der Waals surface area contributed by atoms with E-state index in [1.54, 1.807) is 6.92 Å². The van der Waals surface area contributed by atoms with Crippen molar-refractivity contribution in [3.8, 4) is 0 Å². The van der Waals surface area contributed by atoms with Crippen LogP contribution in [-0.4, -0.2) is 36.1 Å². The Kier molecular flexibility index (Phi) is 7.16. The Bertz CT molecular complexity index is 245. The van der Waals surface area contributed by atoms with Gasteiger partial charge in [-0.1, -0.05) is 0 Å². The molecule has 2 unspecified atom stereocenters. The van der Waals surface area contributed by atoms with Crippen LogP contribution in [-0.2, 0) is 19.1 Å². The van der Waals surface area contributed by atoms with Gasteiger partial charge in [0.05, 0.1) is 6.10 Å². The Labute approximate surface area is 101 Å². The lowest BCUT2D eigenvalue weighted by Gasteiger charge is -2.20. The molecule has 0 aliphatic heterocycles. The Morgan fingerprint density at radius 3 is 2.25 bits per heavy atom. The number of carbonyl (C=O) groups excluding carboxylic acids is 2. The van der Waals surface area contributed by atoms with Crippen LogP contribution in [0.4, 0.5) is 0 Å². The first-order valence-corrected chi connectivity index (χ1v) is 5.74. The van der Waals surface area contributed by atoms with Crippen LogP contribution in [0.5, 0.6) is 0 Å². The molecule has 1 amide bonds. The number of esters is 1. The molecule has 6 heteroatoms. The molecule has 0 aromatic carbocycles. The zero-order chi connectivity index (χ0) is 12.7. The first-order valence-electron chi connectivity index (χ1n) is 5.10. The minimum atomic E-state index is -0.737. The number of hydrogen-bond acceptors (Lipinski definition) is 5. The molecule has 16 heavy (non-hydrogen) atoms. The summed E-state index contributed by atoms with van der Waals surface area (Å²) in [6.45, 7) is 6.64. The molecule has 0 aromatic heterocycles. The fraction of sp³-hybridized carbons (Fsp3) is 0.800. The van der Waals surface area contributed by atoms with Crippen molar-refractivity contribution in [2.45, 2.75) is 46.1 Å². The number of nitrogens with one attached hydrogen (secondary N) is 1. The van der Waals surface area contributed by atoms with E-state index in [0.29, 0.717) is 0 Å². The Hall–Kier alpha value is -0.750. The number of amides is 1. The molecule has 0 radical (unpaired) electrons. The largest absolute Gasteiger partial charge is 0.435 e.